The van der Waals surface area contributed by atoms with Crippen LogP contribution in [-0.4, -0.2) is 31.8 Å². The van der Waals surface area contributed by atoms with E-state index in [4.69, 9.17) is 5.21 Å². The minimum atomic E-state index is -1.50. The van der Waals surface area contributed by atoms with Crippen LogP contribution in [0.15, 0.2) is 35.2 Å². The monoisotopic (exact) mass is 285 g/mol. The third-order valence-corrected chi connectivity index (χ3v) is 4.60. The molecule has 0 aliphatic rings. The zero-order valence-corrected chi connectivity index (χ0v) is 11.6. The molecule has 1 aromatic carbocycles. The summed E-state index contributed by atoms with van der Waals surface area (Å²) in [4.78, 5) is 11.9. The number of unbranched alkanes of at least 4 members (excludes halogenated alkanes) is 1. The average Bonchev–Trinajstić information content (AvgIpc) is 2.47. The van der Waals surface area contributed by atoms with Crippen LogP contribution in [0.4, 0.5) is 0 Å². The lowest BCUT2D eigenvalue weighted by Gasteiger charge is -2.20. The Bertz CT molecular complexity index is 424. The van der Waals surface area contributed by atoms with Gasteiger partial charge in [-0.15, -0.1) is 0 Å². The highest BCUT2D eigenvalue weighted by Gasteiger charge is 2.31. The molecular formula is C13H19NO4S. The summed E-state index contributed by atoms with van der Waals surface area (Å²) in [6, 6.07) is 8.70. The smallest absolute Gasteiger partial charge is 0.273 e. The first-order valence-electron chi connectivity index (χ1n) is 6.19. The van der Waals surface area contributed by atoms with Gasteiger partial charge in [0.15, 0.2) is 0 Å². The number of hydrogen-bond donors (Lipinski definition) is 3. The number of hydrogen-bond acceptors (Lipinski definition) is 4. The van der Waals surface area contributed by atoms with Gasteiger partial charge in [0.05, 0.1) is 16.0 Å². The molecule has 6 heteroatoms. The third-order valence-electron chi connectivity index (χ3n) is 2.82. The Morgan fingerprint density at radius 2 is 2.00 bits per heavy atom. The molecule has 1 rings (SSSR count). The summed E-state index contributed by atoms with van der Waals surface area (Å²) in [6.07, 6.45) is 0.583. The minimum absolute atomic E-state index is 0.451. The maximum Gasteiger partial charge on any atom is 0.273 e. The highest BCUT2D eigenvalue weighted by Crippen LogP contribution is 2.19. The van der Waals surface area contributed by atoms with Crippen LogP contribution in [0, 0.1) is 0 Å². The number of carbonyl (C=O) groups excluding carboxylic acids is 1. The van der Waals surface area contributed by atoms with Crippen molar-refractivity contribution in [2.24, 2.45) is 0 Å². The number of rotatable bonds is 7. The number of amides is 1. The molecule has 0 bridgehead atoms. The van der Waals surface area contributed by atoms with Gasteiger partial charge in [-0.2, -0.15) is 0 Å². The molecule has 0 spiro atoms. The van der Waals surface area contributed by atoms with Crippen LogP contribution < -0.4 is 5.48 Å². The molecule has 1 aromatic rings. The van der Waals surface area contributed by atoms with E-state index in [0.717, 1.165) is 12.8 Å². The molecule has 0 saturated carbocycles. The third kappa shape index (κ3) is 4.41. The van der Waals surface area contributed by atoms with Gasteiger partial charge in [-0.3, -0.25) is 14.2 Å². The zero-order chi connectivity index (χ0) is 14.3. The predicted molar refractivity (Wildman–Crippen MR) is 72.1 cm³/mol. The first kappa shape index (κ1) is 15.8. The van der Waals surface area contributed by atoms with Crippen LogP contribution in [-0.2, 0) is 15.6 Å². The van der Waals surface area contributed by atoms with Crippen LogP contribution in [0.2, 0.25) is 0 Å². The van der Waals surface area contributed by atoms with Crippen LogP contribution in [0.5, 0.6) is 0 Å². The topological polar surface area (TPSA) is 86.6 Å². The Kier molecular flexibility index (Phi) is 6.69. The van der Waals surface area contributed by atoms with E-state index in [1.54, 1.807) is 30.3 Å². The number of benzene rings is 1. The summed E-state index contributed by atoms with van der Waals surface area (Å²) < 4.78 is 12.4. The standard InChI is InChI=1S/C13H19NO4S/c1-2-3-9-11(12(15)13(16)14-17)19(18)10-7-5-4-6-8-10/h4-8,11-12,15,17H,2-3,9H2,1H3,(H,14,16)/t11-,12?,19?/m1/s1. The van der Waals surface area contributed by atoms with Crippen molar-refractivity contribution in [3.05, 3.63) is 30.3 Å². The molecule has 5 nitrogen and oxygen atoms in total. The lowest BCUT2D eigenvalue weighted by molar-refractivity contribution is -0.137. The van der Waals surface area contributed by atoms with E-state index in [0.29, 0.717) is 11.3 Å². The van der Waals surface area contributed by atoms with Crippen LogP contribution in [0.3, 0.4) is 0 Å². The highest BCUT2D eigenvalue weighted by atomic mass is 32.2. The van der Waals surface area contributed by atoms with E-state index in [9.17, 15) is 14.1 Å². The molecule has 3 N–H and O–H groups in total. The summed E-state index contributed by atoms with van der Waals surface area (Å²) in [6.45, 7) is 1.97. The summed E-state index contributed by atoms with van der Waals surface area (Å²) >= 11 is 0. The molecule has 0 aliphatic carbocycles. The molecule has 0 heterocycles. The van der Waals surface area contributed by atoms with Crippen molar-refractivity contribution >= 4 is 16.7 Å². The molecule has 106 valence electrons. The van der Waals surface area contributed by atoms with Crippen molar-refractivity contribution in [3.8, 4) is 0 Å². The first-order valence-corrected chi connectivity index (χ1v) is 7.40. The summed E-state index contributed by atoms with van der Waals surface area (Å²) in [5.74, 6) is -0.926. The molecule has 19 heavy (non-hydrogen) atoms. The van der Waals surface area contributed by atoms with E-state index < -0.39 is 28.1 Å². The van der Waals surface area contributed by atoms with Crippen molar-refractivity contribution in [3.63, 3.8) is 0 Å². The van der Waals surface area contributed by atoms with Crippen molar-refractivity contribution in [1.29, 1.82) is 0 Å². The second-order valence-corrected chi connectivity index (χ2v) is 5.88. The second-order valence-electron chi connectivity index (χ2n) is 4.21. The maximum absolute atomic E-state index is 12.4. The second kappa shape index (κ2) is 8.04. The Balaban J connectivity index is 2.90. The predicted octanol–water partition coefficient (Wildman–Crippen LogP) is 1.22. The fraction of sp³-hybridized carbons (Fsp3) is 0.462. The molecule has 3 atom stereocenters. The van der Waals surface area contributed by atoms with Crippen LogP contribution in [0.25, 0.3) is 0 Å². The van der Waals surface area contributed by atoms with E-state index in [1.165, 1.54) is 5.48 Å². The number of hydroxylamine groups is 1. The number of carbonyl (C=O) groups is 1. The molecule has 0 aliphatic heterocycles. The van der Waals surface area contributed by atoms with Gasteiger partial charge in [0, 0.05) is 4.90 Å². The van der Waals surface area contributed by atoms with Gasteiger partial charge in [-0.1, -0.05) is 38.0 Å². The Labute approximate surface area is 115 Å². The fourth-order valence-corrected chi connectivity index (χ4v) is 3.27. The molecule has 0 radical (unpaired) electrons. The van der Waals surface area contributed by atoms with E-state index >= 15 is 0 Å². The van der Waals surface area contributed by atoms with Crippen molar-refractivity contribution in [1.82, 2.24) is 5.48 Å². The summed E-state index contributed by atoms with van der Waals surface area (Å²) in [5, 5.41) is 17.7. The van der Waals surface area contributed by atoms with E-state index in [1.807, 2.05) is 6.92 Å². The molecule has 0 fully saturated rings. The van der Waals surface area contributed by atoms with Gasteiger partial charge in [0.1, 0.15) is 6.10 Å². The van der Waals surface area contributed by atoms with E-state index in [2.05, 4.69) is 0 Å². The average molecular weight is 285 g/mol. The largest absolute Gasteiger partial charge is 0.382 e. The van der Waals surface area contributed by atoms with E-state index in [-0.39, 0.29) is 0 Å². The molecule has 2 unspecified atom stereocenters. The molecule has 0 saturated heterocycles. The Morgan fingerprint density at radius 3 is 2.53 bits per heavy atom. The normalized spacial score (nSPS) is 15.5. The SMILES string of the molecule is CCCC[C@H](C(O)C(=O)NO)S(=O)c1ccccc1. The van der Waals surface area contributed by atoms with Gasteiger partial charge in [0.25, 0.3) is 5.91 Å². The number of aliphatic hydroxyl groups is 1. The molecular weight excluding hydrogens is 266 g/mol. The first-order chi connectivity index (χ1) is 9.11. The van der Waals surface area contributed by atoms with Crippen LogP contribution in [0.1, 0.15) is 26.2 Å². The van der Waals surface area contributed by atoms with Gasteiger partial charge < -0.3 is 5.11 Å². The highest BCUT2D eigenvalue weighted by molar-refractivity contribution is 7.85. The van der Waals surface area contributed by atoms with Crippen LogP contribution >= 0.6 is 0 Å². The van der Waals surface area contributed by atoms with Gasteiger partial charge in [0.2, 0.25) is 0 Å². The summed E-state index contributed by atoms with van der Waals surface area (Å²) in [5.41, 5.74) is 1.40. The van der Waals surface area contributed by atoms with Crippen molar-refractivity contribution in [2.45, 2.75) is 42.4 Å². The van der Waals surface area contributed by atoms with Gasteiger partial charge in [-0.05, 0) is 18.6 Å². The lowest BCUT2D eigenvalue weighted by atomic mass is 10.1. The van der Waals surface area contributed by atoms with Gasteiger partial charge >= 0.3 is 0 Å². The zero-order valence-electron chi connectivity index (χ0n) is 10.8. The number of aliphatic hydroxyl groups excluding tert-OH is 1. The van der Waals surface area contributed by atoms with Crippen molar-refractivity contribution < 1.29 is 19.3 Å². The Morgan fingerprint density at radius 1 is 1.37 bits per heavy atom. The molecule has 1 amide bonds. The quantitative estimate of drug-likeness (QED) is 0.519. The van der Waals surface area contributed by atoms with Gasteiger partial charge in [-0.25, -0.2) is 5.48 Å². The minimum Gasteiger partial charge on any atom is -0.382 e. The number of nitrogens with one attached hydrogen (secondary N) is 1. The van der Waals surface area contributed by atoms with Crippen molar-refractivity contribution in [2.75, 3.05) is 0 Å². The maximum atomic E-state index is 12.4. The summed E-state index contributed by atoms with van der Waals surface area (Å²) in [7, 11) is -1.50. The Hall–Kier alpha value is -1.24. The fourth-order valence-electron chi connectivity index (χ4n) is 1.75. The lowest BCUT2D eigenvalue weighted by Crippen LogP contribution is -2.43. The molecule has 0 aromatic heterocycles.